The number of methoxy groups -OCH3 is 1. The highest BCUT2D eigenvalue weighted by molar-refractivity contribution is 9.10. The third-order valence-corrected chi connectivity index (χ3v) is 5.86. The maximum atomic E-state index is 12.6. The molecule has 28 heavy (non-hydrogen) atoms. The maximum absolute atomic E-state index is 12.6. The summed E-state index contributed by atoms with van der Waals surface area (Å²) in [6.45, 7) is 0. The molecule has 0 spiro atoms. The number of halogens is 1. The number of carbonyl (C=O) groups excluding carboxylic acids is 1. The van der Waals surface area contributed by atoms with E-state index in [0.29, 0.717) is 27.2 Å². The van der Waals surface area contributed by atoms with Gasteiger partial charge in [0.15, 0.2) is 0 Å². The zero-order valence-electron chi connectivity index (χ0n) is 14.8. The second-order valence-corrected chi connectivity index (χ2v) is 8.34. The molecule has 0 atom stereocenters. The van der Waals surface area contributed by atoms with Gasteiger partial charge in [-0.2, -0.15) is 0 Å². The van der Waals surface area contributed by atoms with Crippen molar-refractivity contribution in [1.29, 1.82) is 0 Å². The SMILES string of the molecule is COc1ccc(S(=O)(=O)Nc2ccc(C(=O)Nc3ccccc3)cc2)cc1Br. The molecule has 0 aromatic heterocycles. The largest absolute Gasteiger partial charge is 0.496 e. The Bertz CT molecular complexity index is 1080. The summed E-state index contributed by atoms with van der Waals surface area (Å²) >= 11 is 3.28. The minimum Gasteiger partial charge on any atom is -0.496 e. The number of hydrogen-bond donors (Lipinski definition) is 2. The van der Waals surface area contributed by atoms with Gasteiger partial charge >= 0.3 is 0 Å². The average Bonchev–Trinajstić information content (AvgIpc) is 2.69. The molecule has 0 aliphatic carbocycles. The first-order chi connectivity index (χ1) is 13.4. The van der Waals surface area contributed by atoms with Crippen LogP contribution >= 0.6 is 15.9 Å². The number of amides is 1. The zero-order valence-corrected chi connectivity index (χ0v) is 17.2. The minimum atomic E-state index is -3.78. The molecule has 0 aliphatic rings. The molecule has 3 aromatic rings. The van der Waals surface area contributed by atoms with Crippen molar-refractivity contribution in [2.24, 2.45) is 0 Å². The number of nitrogens with one attached hydrogen (secondary N) is 2. The van der Waals surface area contributed by atoms with E-state index in [9.17, 15) is 13.2 Å². The number of sulfonamides is 1. The predicted molar refractivity (Wildman–Crippen MR) is 112 cm³/mol. The Labute approximate surface area is 171 Å². The van der Waals surface area contributed by atoms with Gasteiger partial charge in [0.25, 0.3) is 15.9 Å². The molecule has 8 heteroatoms. The highest BCUT2D eigenvalue weighted by atomic mass is 79.9. The quantitative estimate of drug-likeness (QED) is 0.566. The Morgan fingerprint density at radius 2 is 1.61 bits per heavy atom. The Hall–Kier alpha value is -2.84. The van der Waals surface area contributed by atoms with Crippen LogP contribution in [0.15, 0.2) is 82.2 Å². The van der Waals surface area contributed by atoms with Crippen molar-refractivity contribution in [2.75, 3.05) is 17.1 Å². The van der Waals surface area contributed by atoms with Gasteiger partial charge in [0.2, 0.25) is 0 Å². The zero-order chi connectivity index (χ0) is 20.1. The van der Waals surface area contributed by atoms with E-state index in [1.807, 2.05) is 18.2 Å². The molecule has 144 valence electrons. The summed E-state index contributed by atoms with van der Waals surface area (Å²) in [5.74, 6) is 0.257. The van der Waals surface area contributed by atoms with Crippen LogP contribution in [0.25, 0.3) is 0 Å². The minimum absolute atomic E-state index is 0.0890. The van der Waals surface area contributed by atoms with Gasteiger partial charge < -0.3 is 10.1 Å². The van der Waals surface area contributed by atoms with Crippen LogP contribution in [-0.2, 0) is 10.0 Å². The predicted octanol–water partition coefficient (Wildman–Crippen LogP) is 4.51. The fourth-order valence-electron chi connectivity index (χ4n) is 2.44. The molecule has 0 heterocycles. The Morgan fingerprint density at radius 1 is 0.929 bits per heavy atom. The van der Waals surface area contributed by atoms with Crippen molar-refractivity contribution in [3.63, 3.8) is 0 Å². The number of hydrogen-bond acceptors (Lipinski definition) is 4. The molecule has 3 aromatic carbocycles. The van der Waals surface area contributed by atoms with E-state index in [4.69, 9.17) is 4.74 Å². The molecule has 2 N–H and O–H groups in total. The van der Waals surface area contributed by atoms with Crippen LogP contribution in [0.4, 0.5) is 11.4 Å². The van der Waals surface area contributed by atoms with Crippen LogP contribution in [-0.4, -0.2) is 21.4 Å². The Balaban J connectivity index is 1.73. The van der Waals surface area contributed by atoms with Gasteiger partial charge in [0.1, 0.15) is 5.75 Å². The normalized spacial score (nSPS) is 10.9. The first-order valence-corrected chi connectivity index (χ1v) is 10.5. The molecule has 1 amide bonds. The summed E-state index contributed by atoms with van der Waals surface area (Å²) in [4.78, 5) is 12.4. The molecule has 0 bridgehead atoms. The van der Waals surface area contributed by atoms with Crippen molar-refractivity contribution in [2.45, 2.75) is 4.90 Å². The van der Waals surface area contributed by atoms with Crippen molar-refractivity contribution >= 4 is 43.2 Å². The number of para-hydroxylation sites is 1. The van der Waals surface area contributed by atoms with Crippen LogP contribution in [0.3, 0.4) is 0 Å². The van der Waals surface area contributed by atoms with Crippen LogP contribution in [0.2, 0.25) is 0 Å². The van der Waals surface area contributed by atoms with E-state index < -0.39 is 10.0 Å². The number of benzene rings is 3. The maximum Gasteiger partial charge on any atom is 0.261 e. The van der Waals surface area contributed by atoms with Gasteiger partial charge in [-0.25, -0.2) is 8.42 Å². The van der Waals surface area contributed by atoms with Crippen LogP contribution in [0.1, 0.15) is 10.4 Å². The molecular formula is C20H17BrN2O4S. The standard InChI is InChI=1S/C20H17BrN2O4S/c1-27-19-12-11-17(13-18(19)21)28(25,26)23-16-9-7-14(8-10-16)20(24)22-15-5-3-2-4-6-15/h2-13,23H,1H3,(H,22,24). The smallest absolute Gasteiger partial charge is 0.261 e. The fourth-order valence-corrected chi connectivity index (χ4v) is 4.22. The van der Waals surface area contributed by atoms with Gasteiger partial charge in [-0.15, -0.1) is 0 Å². The van der Waals surface area contributed by atoms with Crippen molar-refractivity contribution in [1.82, 2.24) is 0 Å². The molecule has 0 unspecified atom stereocenters. The molecule has 0 radical (unpaired) electrons. The Kier molecular flexibility index (Phi) is 6.01. The van der Waals surface area contributed by atoms with Crippen LogP contribution in [0.5, 0.6) is 5.75 Å². The lowest BCUT2D eigenvalue weighted by molar-refractivity contribution is 0.102. The fraction of sp³-hybridized carbons (Fsp3) is 0.0500. The van der Waals surface area contributed by atoms with Crippen molar-refractivity contribution in [3.8, 4) is 5.75 Å². The third kappa shape index (κ3) is 4.71. The summed E-state index contributed by atoms with van der Waals surface area (Å²) in [5, 5.41) is 2.77. The molecule has 0 fully saturated rings. The molecule has 3 rings (SSSR count). The average molecular weight is 461 g/mol. The lowest BCUT2D eigenvalue weighted by atomic mass is 10.2. The van der Waals surface area contributed by atoms with Gasteiger partial charge in [-0.1, -0.05) is 18.2 Å². The summed E-state index contributed by atoms with van der Waals surface area (Å²) in [6, 6.07) is 19.7. The van der Waals surface area contributed by atoms with E-state index in [2.05, 4.69) is 26.0 Å². The van der Waals surface area contributed by atoms with E-state index in [1.165, 1.54) is 31.4 Å². The molecule has 6 nitrogen and oxygen atoms in total. The first kappa shape index (κ1) is 19.9. The van der Waals surface area contributed by atoms with Gasteiger partial charge in [0, 0.05) is 16.9 Å². The highest BCUT2D eigenvalue weighted by Gasteiger charge is 2.16. The Morgan fingerprint density at radius 3 is 2.21 bits per heavy atom. The third-order valence-electron chi connectivity index (χ3n) is 3.86. The van der Waals surface area contributed by atoms with Crippen molar-refractivity contribution < 1.29 is 17.9 Å². The summed E-state index contributed by atoms with van der Waals surface area (Å²) < 4.78 is 33.3. The number of carbonyl (C=O) groups is 1. The molecular weight excluding hydrogens is 444 g/mol. The van der Waals surface area contributed by atoms with E-state index in [0.717, 1.165) is 0 Å². The summed E-state index contributed by atoms with van der Waals surface area (Å²) in [7, 11) is -2.28. The van der Waals surface area contributed by atoms with Crippen LogP contribution < -0.4 is 14.8 Å². The van der Waals surface area contributed by atoms with Gasteiger partial charge in [-0.05, 0) is 70.5 Å². The van der Waals surface area contributed by atoms with Crippen molar-refractivity contribution in [3.05, 3.63) is 82.8 Å². The van der Waals surface area contributed by atoms with E-state index in [-0.39, 0.29) is 10.8 Å². The summed E-state index contributed by atoms with van der Waals surface area (Å²) in [6.07, 6.45) is 0. The number of anilines is 2. The topological polar surface area (TPSA) is 84.5 Å². The monoisotopic (exact) mass is 460 g/mol. The van der Waals surface area contributed by atoms with E-state index >= 15 is 0 Å². The lowest BCUT2D eigenvalue weighted by Crippen LogP contribution is -2.14. The highest BCUT2D eigenvalue weighted by Crippen LogP contribution is 2.28. The number of ether oxygens (including phenoxy) is 1. The van der Waals surface area contributed by atoms with Crippen LogP contribution in [0, 0.1) is 0 Å². The first-order valence-electron chi connectivity index (χ1n) is 8.22. The number of rotatable bonds is 6. The summed E-state index contributed by atoms with van der Waals surface area (Å²) in [5.41, 5.74) is 1.45. The second kappa shape index (κ2) is 8.45. The second-order valence-electron chi connectivity index (χ2n) is 5.80. The van der Waals surface area contributed by atoms with E-state index in [1.54, 1.807) is 30.3 Å². The van der Waals surface area contributed by atoms with Gasteiger partial charge in [-0.3, -0.25) is 9.52 Å². The molecule has 0 saturated heterocycles. The molecule has 0 aliphatic heterocycles. The van der Waals surface area contributed by atoms with Gasteiger partial charge in [0.05, 0.1) is 16.5 Å². The molecule has 0 saturated carbocycles. The lowest BCUT2D eigenvalue weighted by Gasteiger charge is -2.11.